The van der Waals surface area contributed by atoms with Crippen molar-refractivity contribution in [1.29, 1.82) is 0 Å². The molecule has 3 N–H and O–H groups in total. The number of H-pyrrole nitrogens is 1. The highest BCUT2D eigenvalue weighted by molar-refractivity contribution is 6.01. The summed E-state index contributed by atoms with van der Waals surface area (Å²) in [5.41, 5.74) is 0.0786. The highest BCUT2D eigenvalue weighted by Gasteiger charge is 2.41. The molecule has 2 aromatic rings. The largest absolute Gasteiger partial charge is 0.419 e. The van der Waals surface area contributed by atoms with E-state index >= 15 is 0 Å². The molecular formula is C11H6F6N2O. The van der Waals surface area contributed by atoms with Crippen molar-refractivity contribution < 1.29 is 31.1 Å². The first-order valence-corrected chi connectivity index (χ1v) is 5.12. The third-order valence-electron chi connectivity index (χ3n) is 2.67. The van der Waals surface area contributed by atoms with Crippen molar-refractivity contribution in [1.82, 2.24) is 4.98 Å². The van der Waals surface area contributed by atoms with Gasteiger partial charge in [-0.15, -0.1) is 0 Å². The van der Waals surface area contributed by atoms with Gasteiger partial charge in [-0.25, -0.2) is 0 Å². The molecule has 9 heteroatoms. The lowest BCUT2D eigenvalue weighted by atomic mass is 10.1. The number of amides is 1. The Morgan fingerprint density at radius 2 is 1.65 bits per heavy atom. The second kappa shape index (κ2) is 4.15. The maximum atomic E-state index is 12.9. The molecule has 0 aliphatic carbocycles. The van der Waals surface area contributed by atoms with Crippen LogP contribution in [0.4, 0.5) is 26.3 Å². The molecule has 1 aromatic heterocycles. The number of rotatable bonds is 1. The number of para-hydroxylation sites is 1. The molecule has 0 saturated carbocycles. The van der Waals surface area contributed by atoms with Crippen molar-refractivity contribution in [2.45, 2.75) is 12.4 Å². The molecule has 0 radical (unpaired) electrons. The van der Waals surface area contributed by atoms with E-state index in [1.165, 1.54) is 0 Å². The first kappa shape index (κ1) is 14.2. The van der Waals surface area contributed by atoms with Gasteiger partial charge in [-0.05, 0) is 6.07 Å². The van der Waals surface area contributed by atoms with Crippen LogP contribution in [0.1, 0.15) is 21.6 Å². The van der Waals surface area contributed by atoms with E-state index in [2.05, 4.69) is 0 Å². The third kappa shape index (κ3) is 2.19. The van der Waals surface area contributed by atoms with Crippen LogP contribution in [0.15, 0.2) is 18.2 Å². The summed E-state index contributed by atoms with van der Waals surface area (Å²) in [7, 11) is 0. The minimum Gasteiger partial charge on any atom is -0.364 e. The molecule has 1 heterocycles. The SMILES string of the molecule is NC(=O)c1[nH]c2c(C(F)(F)F)cccc2c1C(F)(F)F. The Kier molecular flexibility index (Phi) is 2.95. The van der Waals surface area contributed by atoms with Gasteiger partial charge in [0, 0.05) is 5.39 Å². The molecule has 108 valence electrons. The normalized spacial score (nSPS) is 12.9. The number of aromatic nitrogens is 1. The van der Waals surface area contributed by atoms with Crippen LogP contribution < -0.4 is 5.73 Å². The highest BCUT2D eigenvalue weighted by Crippen LogP contribution is 2.41. The van der Waals surface area contributed by atoms with E-state index in [1.807, 2.05) is 4.98 Å². The van der Waals surface area contributed by atoms with Gasteiger partial charge in [-0.1, -0.05) is 12.1 Å². The predicted molar refractivity (Wildman–Crippen MR) is 56.8 cm³/mol. The molecule has 1 amide bonds. The second-order valence-electron chi connectivity index (χ2n) is 3.96. The van der Waals surface area contributed by atoms with Gasteiger partial charge >= 0.3 is 12.4 Å². The molecule has 0 aliphatic rings. The first-order chi connectivity index (χ1) is 9.03. The van der Waals surface area contributed by atoms with Gasteiger partial charge < -0.3 is 10.7 Å². The number of aromatic amines is 1. The summed E-state index contributed by atoms with van der Waals surface area (Å²) < 4.78 is 76.9. The molecule has 0 spiro atoms. The van der Waals surface area contributed by atoms with Gasteiger partial charge in [0.1, 0.15) is 5.69 Å². The van der Waals surface area contributed by atoms with Gasteiger partial charge in [-0.3, -0.25) is 4.79 Å². The fourth-order valence-electron chi connectivity index (χ4n) is 1.93. The van der Waals surface area contributed by atoms with Crippen molar-refractivity contribution in [2.24, 2.45) is 5.73 Å². The maximum Gasteiger partial charge on any atom is 0.419 e. The number of benzene rings is 1. The molecule has 0 aliphatic heterocycles. The van der Waals surface area contributed by atoms with Crippen LogP contribution in [0.5, 0.6) is 0 Å². The van der Waals surface area contributed by atoms with Crippen molar-refractivity contribution in [3.05, 3.63) is 35.0 Å². The standard InChI is InChI=1S/C11H6F6N2O/c12-10(13,14)5-3-1-2-4-6(11(15,16)17)8(9(18)20)19-7(4)5/h1-3,19H,(H2,18,20). The zero-order chi connectivity index (χ0) is 15.3. The topological polar surface area (TPSA) is 58.9 Å². The van der Waals surface area contributed by atoms with Gasteiger partial charge in [0.25, 0.3) is 5.91 Å². The smallest absolute Gasteiger partial charge is 0.364 e. The van der Waals surface area contributed by atoms with E-state index in [0.717, 1.165) is 12.1 Å². The van der Waals surface area contributed by atoms with Crippen LogP contribution in [-0.2, 0) is 12.4 Å². The lowest BCUT2D eigenvalue weighted by molar-refractivity contribution is -0.137. The van der Waals surface area contributed by atoms with Gasteiger partial charge in [-0.2, -0.15) is 26.3 Å². The molecule has 2 rings (SSSR count). The number of carbonyl (C=O) groups is 1. The van der Waals surface area contributed by atoms with E-state index in [1.54, 1.807) is 0 Å². The Morgan fingerprint density at radius 1 is 1.05 bits per heavy atom. The minimum atomic E-state index is -5.01. The average Bonchev–Trinajstić information content (AvgIpc) is 2.65. The van der Waals surface area contributed by atoms with Gasteiger partial charge in [0.2, 0.25) is 0 Å². The molecule has 3 nitrogen and oxygen atoms in total. The van der Waals surface area contributed by atoms with Gasteiger partial charge in [0.15, 0.2) is 0 Å². The summed E-state index contributed by atoms with van der Waals surface area (Å²) in [4.78, 5) is 12.8. The van der Waals surface area contributed by atoms with Crippen LogP contribution in [-0.4, -0.2) is 10.9 Å². The van der Waals surface area contributed by atoms with Crippen LogP contribution in [0, 0.1) is 0 Å². The third-order valence-corrected chi connectivity index (χ3v) is 2.67. The van der Waals surface area contributed by atoms with Gasteiger partial charge in [0.05, 0.1) is 16.6 Å². The number of carbonyl (C=O) groups excluding carboxylic acids is 1. The van der Waals surface area contributed by atoms with E-state index < -0.39 is 46.0 Å². The molecular weight excluding hydrogens is 290 g/mol. The summed E-state index contributed by atoms with van der Waals surface area (Å²) in [6, 6.07) is 2.29. The first-order valence-electron chi connectivity index (χ1n) is 5.12. The Balaban J connectivity index is 2.92. The average molecular weight is 296 g/mol. The lowest BCUT2D eigenvalue weighted by Gasteiger charge is -2.09. The van der Waals surface area contributed by atoms with E-state index in [-0.39, 0.29) is 0 Å². The number of hydrogen-bond donors (Lipinski definition) is 2. The highest BCUT2D eigenvalue weighted by atomic mass is 19.4. The van der Waals surface area contributed by atoms with Crippen molar-refractivity contribution in [3.8, 4) is 0 Å². The number of halogens is 6. The summed E-state index contributed by atoms with van der Waals surface area (Å²) in [6.07, 6.45) is -9.87. The number of alkyl halides is 6. The molecule has 0 saturated heterocycles. The van der Waals surface area contributed by atoms with Crippen molar-refractivity contribution >= 4 is 16.8 Å². The molecule has 0 unspecified atom stereocenters. The molecule has 20 heavy (non-hydrogen) atoms. The second-order valence-corrected chi connectivity index (χ2v) is 3.96. The summed E-state index contributed by atoms with van der Waals surface area (Å²) in [5, 5.41) is -0.749. The molecule has 0 fully saturated rings. The van der Waals surface area contributed by atoms with E-state index in [4.69, 9.17) is 5.73 Å². The summed E-state index contributed by atoms with van der Waals surface area (Å²) in [5.74, 6) is -1.48. The van der Waals surface area contributed by atoms with E-state index in [0.29, 0.717) is 6.07 Å². The monoisotopic (exact) mass is 296 g/mol. The number of nitrogens with one attached hydrogen (secondary N) is 1. The quantitative estimate of drug-likeness (QED) is 0.779. The Morgan fingerprint density at radius 3 is 2.10 bits per heavy atom. The Labute approximate surface area is 107 Å². The fourth-order valence-corrected chi connectivity index (χ4v) is 1.93. The maximum absolute atomic E-state index is 12.9. The lowest BCUT2D eigenvalue weighted by Crippen LogP contribution is -2.18. The molecule has 1 aromatic carbocycles. The minimum absolute atomic E-state index is 0.615. The molecule has 0 bridgehead atoms. The number of hydrogen-bond acceptors (Lipinski definition) is 1. The van der Waals surface area contributed by atoms with Crippen LogP contribution in [0.3, 0.4) is 0 Å². The van der Waals surface area contributed by atoms with Crippen molar-refractivity contribution in [2.75, 3.05) is 0 Å². The Hall–Kier alpha value is -2.19. The Bertz CT molecular complexity index is 683. The van der Waals surface area contributed by atoms with Crippen molar-refractivity contribution in [3.63, 3.8) is 0 Å². The van der Waals surface area contributed by atoms with E-state index in [9.17, 15) is 31.1 Å². The summed E-state index contributed by atoms with van der Waals surface area (Å²) >= 11 is 0. The van der Waals surface area contributed by atoms with Crippen LogP contribution in [0.2, 0.25) is 0 Å². The number of primary amides is 1. The van der Waals surface area contributed by atoms with Crippen LogP contribution >= 0.6 is 0 Å². The summed E-state index contributed by atoms with van der Waals surface area (Å²) in [6.45, 7) is 0. The predicted octanol–water partition coefficient (Wildman–Crippen LogP) is 3.30. The fraction of sp³-hybridized carbons (Fsp3) is 0.182. The number of nitrogens with two attached hydrogens (primary N) is 1. The molecule has 0 atom stereocenters. The van der Waals surface area contributed by atoms with Crippen LogP contribution in [0.25, 0.3) is 10.9 Å². The number of fused-ring (bicyclic) bond motifs is 1. The zero-order valence-corrected chi connectivity index (χ0v) is 9.49. The zero-order valence-electron chi connectivity index (χ0n) is 9.49.